The predicted molar refractivity (Wildman–Crippen MR) is 124 cm³/mol. The first kappa shape index (κ1) is 21.2. The Morgan fingerprint density at radius 3 is 2.68 bits per heavy atom. The Bertz CT molecular complexity index is 1220. The number of aryl methyl sites for hydroxylation is 1. The monoisotopic (exact) mass is 471 g/mol. The second kappa shape index (κ2) is 9.42. The number of hydrogen-bond donors (Lipinski definition) is 2. The lowest BCUT2D eigenvalue weighted by Crippen LogP contribution is -2.17. The number of halogens is 1. The highest BCUT2D eigenvalue weighted by Gasteiger charge is 2.14. The van der Waals surface area contributed by atoms with E-state index in [0.29, 0.717) is 28.1 Å². The molecule has 0 radical (unpaired) electrons. The second-order valence-electron chi connectivity index (χ2n) is 6.74. The first-order chi connectivity index (χ1) is 15.0. The van der Waals surface area contributed by atoms with E-state index in [1.54, 1.807) is 28.3 Å². The Morgan fingerprint density at radius 2 is 1.90 bits per heavy atom. The van der Waals surface area contributed by atoms with Gasteiger partial charge in [-0.1, -0.05) is 23.7 Å². The van der Waals surface area contributed by atoms with Gasteiger partial charge in [0.2, 0.25) is 11.8 Å². The van der Waals surface area contributed by atoms with Crippen LogP contribution < -0.4 is 10.6 Å². The van der Waals surface area contributed by atoms with E-state index in [4.69, 9.17) is 11.6 Å². The molecule has 0 spiro atoms. The molecule has 4 aromatic rings. The molecule has 4 rings (SSSR count). The Morgan fingerprint density at radius 1 is 1.06 bits per heavy atom. The van der Waals surface area contributed by atoms with Crippen LogP contribution in [-0.2, 0) is 22.4 Å². The molecule has 0 saturated carbocycles. The van der Waals surface area contributed by atoms with Crippen molar-refractivity contribution < 1.29 is 9.59 Å². The number of carbonyl (C=O) groups excluding carboxylic acids is 2. The molecule has 31 heavy (non-hydrogen) atoms. The van der Waals surface area contributed by atoms with Crippen LogP contribution in [0.15, 0.2) is 53.2 Å². The van der Waals surface area contributed by atoms with Crippen molar-refractivity contribution in [2.24, 2.45) is 0 Å². The Labute approximate surface area is 191 Å². The molecule has 2 amide bonds. The van der Waals surface area contributed by atoms with Crippen LogP contribution in [0.1, 0.15) is 16.3 Å². The summed E-state index contributed by atoms with van der Waals surface area (Å²) in [4.78, 5) is 30.0. The molecular weight excluding hydrogens is 454 g/mol. The lowest BCUT2D eigenvalue weighted by molar-refractivity contribution is -0.116. The normalized spacial score (nSPS) is 10.8. The number of thiophene rings is 1. The van der Waals surface area contributed by atoms with Crippen molar-refractivity contribution in [2.45, 2.75) is 19.8 Å². The summed E-state index contributed by atoms with van der Waals surface area (Å²) in [6, 6.07) is 12.8. The van der Waals surface area contributed by atoms with E-state index < -0.39 is 0 Å². The van der Waals surface area contributed by atoms with E-state index in [0.717, 1.165) is 16.3 Å². The maximum Gasteiger partial charge on any atom is 0.231 e. The van der Waals surface area contributed by atoms with Gasteiger partial charge in [0.25, 0.3) is 0 Å². The molecule has 3 heterocycles. The third-order valence-corrected chi connectivity index (χ3v) is 6.12. The molecule has 0 unspecified atom stereocenters. The third kappa shape index (κ3) is 5.57. The SMILES string of the molecule is Cc1cc(NC(=O)Cc2csc(NC(=O)Cc3cccs3)n2)n(-c2cccc(Cl)c2)n1. The molecule has 0 atom stereocenters. The quantitative estimate of drug-likeness (QED) is 0.408. The van der Waals surface area contributed by atoms with Crippen molar-refractivity contribution in [1.82, 2.24) is 14.8 Å². The molecule has 1 aromatic carbocycles. The standard InChI is InChI=1S/C21H18ClN5O2S2/c1-13-8-18(27(26-13)16-5-2-4-14(22)9-16)24-19(28)10-15-12-31-21(23-15)25-20(29)11-17-6-3-7-30-17/h2-9,12H,10-11H2,1H3,(H,24,28)(H,23,25,29). The van der Waals surface area contributed by atoms with Crippen LogP contribution in [-0.4, -0.2) is 26.6 Å². The van der Waals surface area contributed by atoms with Gasteiger partial charge in [0.15, 0.2) is 5.13 Å². The van der Waals surface area contributed by atoms with E-state index >= 15 is 0 Å². The summed E-state index contributed by atoms with van der Waals surface area (Å²) in [6.45, 7) is 1.85. The van der Waals surface area contributed by atoms with Crippen LogP contribution in [0.3, 0.4) is 0 Å². The van der Waals surface area contributed by atoms with Crippen LogP contribution >= 0.6 is 34.3 Å². The van der Waals surface area contributed by atoms with Gasteiger partial charge in [0.1, 0.15) is 5.82 Å². The molecule has 0 saturated heterocycles. The molecule has 158 valence electrons. The number of nitrogens with zero attached hydrogens (tertiary/aromatic N) is 3. The van der Waals surface area contributed by atoms with Gasteiger partial charge in [-0.05, 0) is 36.6 Å². The fourth-order valence-corrected chi connectivity index (χ4v) is 4.54. The highest BCUT2D eigenvalue weighted by molar-refractivity contribution is 7.14. The van der Waals surface area contributed by atoms with Crippen molar-refractivity contribution in [1.29, 1.82) is 0 Å². The maximum atomic E-state index is 12.6. The highest BCUT2D eigenvalue weighted by atomic mass is 35.5. The Balaban J connectivity index is 1.38. The molecule has 3 aromatic heterocycles. The third-order valence-electron chi connectivity index (χ3n) is 4.21. The topological polar surface area (TPSA) is 88.9 Å². The van der Waals surface area contributed by atoms with Crippen molar-refractivity contribution in [3.05, 3.63) is 74.5 Å². The number of amides is 2. The van der Waals surface area contributed by atoms with Gasteiger partial charge in [0.05, 0.1) is 29.9 Å². The van der Waals surface area contributed by atoms with E-state index in [-0.39, 0.29) is 18.2 Å². The Kier molecular flexibility index (Phi) is 6.45. The Hall–Kier alpha value is -3.01. The second-order valence-corrected chi connectivity index (χ2v) is 9.06. The van der Waals surface area contributed by atoms with Crippen molar-refractivity contribution >= 4 is 57.0 Å². The molecule has 0 bridgehead atoms. The minimum absolute atomic E-state index is 0.0804. The summed E-state index contributed by atoms with van der Waals surface area (Å²) < 4.78 is 1.64. The lowest BCUT2D eigenvalue weighted by atomic mass is 10.3. The minimum Gasteiger partial charge on any atom is -0.310 e. The first-order valence-corrected chi connectivity index (χ1v) is 11.5. The number of thiazole rings is 1. The number of anilines is 2. The molecule has 2 N–H and O–H groups in total. The van der Waals surface area contributed by atoms with Gasteiger partial charge < -0.3 is 10.6 Å². The molecule has 0 aliphatic heterocycles. The predicted octanol–water partition coefficient (Wildman–Crippen LogP) is 4.71. The van der Waals surface area contributed by atoms with Crippen molar-refractivity contribution in [3.63, 3.8) is 0 Å². The zero-order valence-corrected chi connectivity index (χ0v) is 18.9. The summed E-state index contributed by atoms with van der Waals surface area (Å²) in [5.74, 6) is 0.183. The van der Waals surface area contributed by atoms with Crippen molar-refractivity contribution in [3.8, 4) is 5.69 Å². The summed E-state index contributed by atoms with van der Waals surface area (Å²) in [6.07, 6.45) is 0.386. The average molecular weight is 472 g/mol. The fourth-order valence-electron chi connectivity index (χ4n) is 2.93. The molecule has 0 aliphatic rings. The van der Waals surface area contributed by atoms with Gasteiger partial charge in [0, 0.05) is 21.3 Å². The zero-order chi connectivity index (χ0) is 21.8. The largest absolute Gasteiger partial charge is 0.310 e. The fraction of sp³-hybridized carbons (Fsp3) is 0.143. The molecule has 10 heteroatoms. The minimum atomic E-state index is -0.232. The van der Waals surface area contributed by atoms with Gasteiger partial charge in [-0.2, -0.15) is 5.10 Å². The summed E-state index contributed by atoms with van der Waals surface area (Å²) in [7, 11) is 0. The van der Waals surface area contributed by atoms with E-state index in [9.17, 15) is 9.59 Å². The van der Waals surface area contributed by atoms with Crippen molar-refractivity contribution in [2.75, 3.05) is 10.6 Å². The first-order valence-electron chi connectivity index (χ1n) is 9.35. The summed E-state index contributed by atoms with van der Waals surface area (Å²) in [5.41, 5.74) is 2.10. The molecular formula is C21H18ClN5O2S2. The highest BCUT2D eigenvalue weighted by Crippen LogP contribution is 2.21. The van der Waals surface area contributed by atoms with Crippen LogP contribution in [0.25, 0.3) is 5.69 Å². The molecule has 7 nitrogen and oxygen atoms in total. The summed E-state index contributed by atoms with van der Waals surface area (Å²) in [5, 5.41) is 14.8. The van der Waals surface area contributed by atoms with Gasteiger partial charge >= 0.3 is 0 Å². The van der Waals surface area contributed by atoms with Gasteiger partial charge in [-0.3, -0.25) is 9.59 Å². The smallest absolute Gasteiger partial charge is 0.231 e. The van der Waals surface area contributed by atoms with Crippen LogP contribution in [0.2, 0.25) is 5.02 Å². The number of benzene rings is 1. The lowest BCUT2D eigenvalue weighted by Gasteiger charge is -2.08. The van der Waals surface area contributed by atoms with E-state index in [2.05, 4.69) is 20.7 Å². The molecule has 0 fully saturated rings. The van der Waals surface area contributed by atoms with E-state index in [1.807, 2.05) is 36.6 Å². The number of carbonyl (C=O) groups is 2. The molecule has 0 aliphatic carbocycles. The summed E-state index contributed by atoms with van der Waals surface area (Å²) >= 11 is 8.91. The van der Waals surface area contributed by atoms with Crippen LogP contribution in [0.5, 0.6) is 0 Å². The average Bonchev–Trinajstić information content (AvgIpc) is 3.44. The number of hydrogen-bond acceptors (Lipinski definition) is 6. The maximum absolute atomic E-state index is 12.6. The van der Waals surface area contributed by atoms with Gasteiger partial charge in [-0.15, -0.1) is 22.7 Å². The van der Waals surface area contributed by atoms with Crippen LogP contribution in [0.4, 0.5) is 10.9 Å². The van der Waals surface area contributed by atoms with Gasteiger partial charge in [-0.25, -0.2) is 9.67 Å². The van der Waals surface area contributed by atoms with E-state index in [1.165, 1.54) is 22.7 Å². The number of nitrogens with one attached hydrogen (secondary N) is 2. The number of rotatable bonds is 7. The number of aromatic nitrogens is 3. The van der Waals surface area contributed by atoms with Crippen LogP contribution in [0, 0.1) is 6.92 Å². The zero-order valence-electron chi connectivity index (χ0n) is 16.5.